The van der Waals surface area contributed by atoms with E-state index >= 15 is 0 Å². The van der Waals surface area contributed by atoms with Gasteiger partial charge in [-0.2, -0.15) is 13.2 Å². The predicted molar refractivity (Wildman–Crippen MR) is 116 cm³/mol. The summed E-state index contributed by atoms with van der Waals surface area (Å²) in [6.07, 6.45) is -3.15. The van der Waals surface area contributed by atoms with Gasteiger partial charge in [0.2, 0.25) is 0 Å². The highest BCUT2D eigenvalue weighted by Crippen LogP contribution is 2.38. The quantitative estimate of drug-likeness (QED) is 0.523. The van der Waals surface area contributed by atoms with E-state index in [1.807, 2.05) is 20.8 Å². The number of rotatable bonds is 5. The van der Waals surface area contributed by atoms with E-state index in [0.717, 1.165) is 10.6 Å². The second kappa shape index (κ2) is 8.61. The third kappa shape index (κ3) is 5.32. The summed E-state index contributed by atoms with van der Waals surface area (Å²) < 4.78 is 44.6. The fourth-order valence-electron chi connectivity index (χ4n) is 3.62. The van der Waals surface area contributed by atoms with E-state index < -0.39 is 17.8 Å². The van der Waals surface area contributed by atoms with Crippen molar-refractivity contribution in [2.75, 3.05) is 13.6 Å². The molecule has 0 aliphatic heterocycles. The molecule has 0 aliphatic carbocycles. The molecule has 3 aromatic rings. The van der Waals surface area contributed by atoms with Crippen LogP contribution in [0.3, 0.4) is 0 Å². The van der Waals surface area contributed by atoms with Crippen LogP contribution in [0.4, 0.5) is 13.2 Å². The van der Waals surface area contributed by atoms with Gasteiger partial charge in [-0.1, -0.05) is 49.7 Å². The molecule has 172 valence electrons. The van der Waals surface area contributed by atoms with Crippen LogP contribution in [-0.4, -0.2) is 44.0 Å². The molecule has 1 amide bonds. The average molecular weight is 468 g/mol. The molecule has 10 heteroatoms. The van der Waals surface area contributed by atoms with Gasteiger partial charge >= 0.3 is 6.18 Å². The van der Waals surface area contributed by atoms with Crippen LogP contribution >= 0.6 is 11.6 Å². The zero-order valence-electron chi connectivity index (χ0n) is 18.5. The number of aryl methyl sites for hydroxylation is 1. The van der Waals surface area contributed by atoms with E-state index in [0.29, 0.717) is 22.8 Å². The molecule has 0 saturated heterocycles. The minimum absolute atomic E-state index is 0.0583. The number of nitrogens with zero attached hydrogens (tertiary/aromatic N) is 5. The number of hydrogen-bond donors (Lipinski definition) is 0. The van der Waals surface area contributed by atoms with Crippen molar-refractivity contribution in [3.63, 3.8) is 0 Å². The molecule has 0 N–H and O–H groups in total. The molecule has 0 atom stereocenters. The number of benzene rings is 1. The minimum Gasteiger partial charge on any atom is -0.340 e. The third-order valence-corrected chi connectivity index (χ3v) is 5.03. The normalized spacial score (nSPS) is 12.3. The summed E-state index contributed by atoms with van der Waals surface area (Å²) in [5.74, 6) is -0.510. The van der Waals surface area contributed by atoms with Crippen LogP contribution in [0.1, 0.15) is 42.6 Å². The van der Waals surface area contributed by atoms with Gasteiger partial charge in [0.05, 0.1) is 6.54 Å². The maximum absolute atomic E-state index is 14.1. The molecular formula is C22H25ClF3N5O. The third-order valence-electron chi connectivity index (χ3n) is 4.77. The monoisotopic (exact) mass is 467 g/mol. The maximum Gasteiger partial charge on any atom is 0.431 e. The van der Waals surface area contributed by atoms with Gasteiger partial charge < -0.3 is 9.47 Å². The van der Waals surface area contributed by atoms with Crippen molar-refractivity contribution in [1.82, 2.24) is 24.5 Å². The Balaban J connectivity index is 2.24. The van der Waals surface area contributed by atoms with Gasteiger partial charge in [-0.15, -0.1) is 5.10 Å². The first kappa shape index (κ1) is 23.8. The molecule has 0 bridgehead atoms. The van der Waals surface area contributed by atoms with Gasteiger partial charge in [0.15, 0.2) is 0 Å². The Labute approximate surface area is 189 Å². The molecule has 2 heterocycles. The van der Waals surface area contributed by atoms with Crippen LogP contribution in [0.15, 0.2) is 36.5 Å². The Morgan fingerprint density at radius 3 is 2.28 bits per heavy atom. The lowest BCUT2D eigenvalue weighted by atomic mass is 9.96. The number of halogens is 4. The Hall–Kier alpha value is -2.81. The van der Waals surface area contributed by atoms with Gasteiger partial charge in [-0.25, -0.2) is 0 Å². The second-order valence-corrected chi connectivity index (χ2v) is 9.42. The molecule has 1 aromatic carbocycles. The van der Waals surface area contributed by atoms with Gasteiger partial charge in [0.1, 0.15) is 17.1 Å². The number of amides is 1. The number of carbonyl (C=O) groups is 1. The number of hydrogen-bond acceptors (Lipinski definition) is 3. The largest absolute Gasteiger partial charge is 0.431 e. The molecule has 6 nitrogen and oxygen atoms in total. The smallest absolute Gasteiger partial charge is 0.340 e. The standard InChI is InChI=1S/C22H25ClF3N5O/c1-21(2,3)13-29(4)20(32)19-17(14-6-8-15(23)9-7-14)10-18(22(24,25)26)31(19)12-16-11-30(5)28-27-16/h6-11H,12-13H2,1-5H3. The predicted octanol–water partition coefficient (Wildman–Crippen LogP) is 5.12. The Morgan fingerprint density at radius 2 is 1.78 bits per heavy atom. The number of alkyl halides is 3. The highest BCUT2D eigenvalue weighted by atomic mass is 35.5. The fourth-order valence-corrected chi connectivity index (χ4v) is 3.75. The van der Waals surface area contributed by atoms with Crippen molar-refractivity contribution in [3.8, 4) is 11.1 Å². The highest BCUT2D eigenvalue weighted by Gasteiger charge is 2.39. The molecule has 0 spiro atoms. The van der Waals surface area contributed by atoms with Crippen LogP contribution < -0.4 is 0 Å². The van der Waals surface area contributed by atoms with Gasteiger partial charge in [-0.3, -0.25) is 9.48 Å². The molecule has 32 heavy (non-hydrogen) atoms. The summed E-state index contributed by atoms with van der Waals surface area (Å²) in [6.45, 7) is 5.98. The molecule has 0 saturated carbocycles. The van der Waals surface area contributed by atoms with E-state index in [2.05, 4.69) is 10.3 Å². The summed E-state index contributed by atoms with van der Waals surface area (Å²) in [4.78, 5) is 15.0. The van der Waals surface area contributed by atoms with Crippen molar-refractivity contribution in [1.29, 1.82) is 0 Å². The number of aromatic nitrogens is 4. The lowest BCUT2D eigenvalue weighted by Gasteiger charge is -2.27. The van der Waals surface area contributed by atoms with Crippen LogP contribution in [0, 0.1) is 5.41 Å². The first-order valence-electron chi connectivity index (χ1n) is 9.93. The number of carbonyl (C=O) groups excluding carboxylic acids is 1. The molecule has 2 aromatic heterocycles. The summed E-state index contributed by atoms with van der Waals surface area (Å²) in [7, 11) is 3.21. The molecule has 0 unspecified atom stereocenters. The van der Waals surface area contributed by atoms with Crippen molar-refractivity contribution < 1.29 is 18.0 Å². The SMILES string of the molecule is CN(CC(C)(C)C)C(=O)c1c(-c2ccc(Cl)cc2)cc(C(F)(F)F)n1Cc1cn(C)nn1. The second-order valence-electron chi connectivity index (χ2n) is 8.99. The van der Waals surface area contributed by atoms with Crippen molar-refractivity contribution in [3.05, 3.63) is 58.6 Å². The summed E-state index contributed by atoms with van der Waals surface area (Å²) in [6, 6.07) is 7.38. The zero-order chi connectivity index (χ0) is 23.8. The summed E-state index contributed by atoms with van der Waals surface area (Å²) in [5, 5.41) is 8.16. The Bertz CT molecular complexity index is 1110. The maximum atomic E-state index is 14.1. The van der Waals surface area contributed by atoms with Gasteiger partial charge in [0, 0.05) is 37.4 Å². The highest BCUT2D eigenvalue weighted by molar-refractivity contribution is 6.30. The van der Waals surface area contributed by atoms with Crippen LogP contribution in [-0.2, 0) is 19.8 Å². The first-order valence-corrected chi connectivity index (χ1v) is 10.3. The first-order chi connectivity index (χ1) is 14.8. The van der Waals surface area contributed by atoms with E-state index in [9.17, 15) is 18.0 Å². The summed E-state index contributed by atoms with van der Waals surface area (Å²) >= 11 is 5.97. The van der Waals surface area contributed by atoms with E-state index in [4.69, 9.17) is 11.6 Å². The van der Waals surface area contributed by atoms with E-state index in [-0.39, 0.29) is 23.2 Å². The average Bonchev–Trinajstić information content (AvgIpc) is 3.24. The molecule has 0 aliphatic rings. The Kier molecular flexibility index (Phi) is 6.42. The van der Waals surface area contributed by atoms with Crippen molar-refractivity contribution in [2.45, 2.75) is 33.5 Å². The van der Waals surface area contributed by atoms with Crippen LogP contribution in [0.2, 0.25) is 5.02 Å². The van der Waals surface area contributed by atoms with Gasteiger partial charge in [-0.05, 0) is 29.2 Å². The topological polar surface area (TPSA) is 56.0 Å². The lowest BCUT2D eigenvalue weighted by Crippen LogP contribution is -2.36. The van der Waals surface area contributed by atoms with Crippen molar-refractivity contribution >= 4 is 17.5 Å². The van der Waals surface area contributed by atoms with Crippen molar-refractivity contribution in [2.24, 2.45) is 12.5 Å². The lowest BCUT2D eigenvalue weighted by molar-refractivity contribution is -0.143. The van der Waals surface area contributed by atoms with Crippen LogP contribution in [0.5, 0.6) is 0 Å². The minimum atomic E-state index is -4.68. The molecule has 0 fully saturated rings. The molecule has 0 radical (unpaired) electrons. The van der Waals surface area contributed by atoms with Gasteiger partial charge in [0.25, 0.3) is 5.91 Å². The molecular weight excluding hydrogens is 443 g/mol. The van der Waals surface area contributed by atoms with Crippen LogP contribution in [0.25, 0.3) is 11.1 Å². The zero-order valence-corrected chi connectivity index (χ0v) is 19.3. The Morgan fingerprint density at radius 1 is 1.16 bits per heavy atom. The molecule has 3 rings (SSSR count). The van der Waals surface area contributed by atoms with E-state index in [1.165, 1.54) is 15.8 Å². The van der Waals surface area contributed by atoms with E-state index in [1.54, 1.807) is 38.4 Å². The fraction of sp³-hybridized carbons (Fsp3) is 0.409. The summed E-state index contributed by atoms with van der Waals surface area (Å²) in [5.41, 5.74) is -0.268.